The second kappa shape index (κ2) is 10.6. The first-order valence-corrected chi connectivity index (χ1v) is 11.8. The summed E-state index contributed by atoms with van der Waals surface area (Å²) in [5, 5.41) is 4.17. The highest BCUT2D eigenvalue weighted by Gasteiger charge is 2.22. The predicted octanol–water partition coefficient (Wildman–Crippen LogP) is 2.93. The van der Waals surface area contributed by atoms with Gasteiger partial charge in [0.2, 0.25) is 12.3 Å². The molecule has 1 aliphatic carbocycles. The topological polar surface area (TPSA) is 93.5 Å². The van der Waals surface area contributed by atoms with Crippen LogP contribution in [0, 0.1) is 0 Å². The lowest BCUT2D eigenvalue weighted by molar-refractivity contribution is -0.116. The van der Waals surface area contributed by atoms with Crippen LogP contribution in [-0.4, -0.2) is 53.7 Å². The van der Waals surface area contributed by atoms with Gasteiger partial charge in [0, 0.05) is 31.7 Å². The summed E-state index contributed by atoms with van der Waals surface area (Å²) in [5.41, 5.74) is 1.86. The Morgan fingerprint density at radius 3 is 2.62 bits per heavy atom. The normalized spacial score (nSPS) is 12.0. The lowest BCUT2D eigenvalue weighted by atomic mass is 10.2. The fourth-order valence-electron chi connectivity index (χ4n) is 3.24. The third kappa shape index (κ3) is 5.49. The van der Waals surface area contributed by atoms with E-state index < -0.39 is 0 Å². The summed E-state index contributed by atoms with van der Waals surface area (Å²) in [7, 11) is 6.69. The van der Waals surface area contributed by atoms with E-state index in [1.807, 2.05) is 0 Å². The summed E-state index contributed by atoms with van der Waals surface area (Å²) in [6.45, 7) is 0. The molecule has 0 aliphatic heterocycles. The largest absolute Gasteiger partial charge is 0.497 e. The molecular formula is C22H26N4O4S2. The van der Waals surface area contributed by atoms with Gasteiger partial charge in [0.1, 0.15) is 10.6 Å². The van der Waals surface area contributed by atoms with Gasteiger partial charge in [0.15, 0.2) is 5.16 Å². The first-order valence-electron chi connectivity index (χ1n) is 10.0. The highest BCUT2D eigenvalue weighted by atomic mass is 32.2. The lowest BCUT2D eigenvalue weighted by Gasteiger charge is -2.08. The molecule has 170 valence electrons. The van der Waals surface area contributed by atoms with Crippen LogP contribution < -0.4 is 15.6 Å². The van der Waals surface area contributed by atoms with Crippen LogP contribution in [0.4, 0.5) is 5.69 Å². The number of ether oxygens (including phenoxy) is 1. The van der Waals surface area contributed by atoms with Crippen molar-refractivity contribution in [3.63, 3.8) is 0 Å². The maximum absolute atomic E-state index is 12.8. The molecule has 0 spiro atoms. The first-order chi connectivity index (χ1) is 15.3. The van der Waals surface area contributed by atoms with Crippen LogP contribution in [0.2, 0.25) is 0 Å². The first kappa shape index (κ1) is 23.8. The van der Waals surface area contributed by atoms with E-state index in [9.17, 15) is 14.4 Å². The number of fused-ring (bicyclic) bond motifs is 3. The molecule has 0 saturated carbocycles. The fraction of sp³-hybridized carbons (Fsp3) is 0.364. The SMILES string of the molecule is CN(C)C=O.COc1ccc(NC(=O)CSc2nc3sc4c(c3c(=O)n2C)CCC4)cc1. The molecule has 1 N–H and O–H groups in total. The molecule has 0 fully saturated rings. The number of methoxy groups -OCH3 is 1. The zero-order valence-corrected chi connectivity index (χ0v) is 20.1. The third-order valence-electron chi connectivity index (χ3n) is 4.82. The van der Waals surface area contributed by atoms with Crippen LogP contribution in [0.5, 0.6) is 5.75 Å². The number of carbonyl (C=O) groups is 2. The molecule has 4 rings (SSSR count). The molecule has 2 amide bonds. The van der Waals surface area contributed by atoms with E-state index in [0.29, 0.717) is 10.8 Å². The summed E-state index contributed by atoms with van der Waals surface area (Å²) in [5.74, 6) is 0.772. The standard InChI is InChI=1S/C19H19N3O3S2.C3H7NO/c1-22-18(24)16-13-4-3-5-14(13)27-17(16)21-19(22)26-10-15(23)20-11-6-8-12(25-2)9-7-11;1-4(2)3-5/h6-9H,3-5,10H2,1-2H3,(H,20,23);3H,1-2H3. The van der Waals surface area contributed by atoms with Crippen LogP contribution in [-0.2, 0) is 29.5 Å². The molecule has 0 bridgehead atoms. The number of aromatic nitrogens is 2. The Kier molecular flexibility index (Phi) is 7.92. The summed E-state index contributed by atoms with van der Waals surface area (Å²) in [4.78, 5) is 42.6. The Morgan fingerprint density at radius 1 is 1.31 bits per heavy atom. The van der Waals surface area contributed by atoms with E-state index in [0.717, 1.165) is 41.6 Å². The molecule has 2 aromatic heterocycles. The van der Waals surface area contributed by atoms with Gasteiger partial charge in [-0.05, 0) is 49.1 Å². The van der Waals surface area contributed by atoms with Gasteiger partial charge in [-0.3, -0.25) is 19.0 Å². The van der Waals surface area contributed by atoms with Crippen molar-refractivity contribution < 1.29 is 14.3 Å². The van der Waals surface area contributed by atoms with Crippen LogP contribution in [0.25, 0.3) is 10.2 Å². The Balaban J connectivity index is 0.000000523. The number of hydrogen-bond acceptors (Lipinski definition) is 7. The number of thioether (sulfide) groups is 1. The molecule has 0 radical (unpaired) electrons. The summed E-state index contributed by atoms with van der Waals surface area (Å²) >= 11 is 2.89. The average molecular weight is 475 g/mol. The van der Waals surface area contributed by atoms with Gasteiger partial charge in [0.25, 0.3) is 5.56 Å². The smallest absolute Gasteiger partial charge is 0.262 e. The second-order valence-corrected chi connectivity index (χ2v) is 9.46. The molecule has 0 atom stereocenters. The molecular weight excluding hydrogens is 448 g/mol. The number of thiophene rings is 1. The highest BCUT2D eigenvalue weighted by molar-refractivity contribution is 7.99. The van der Waals surface area contributed by atoms with Crippen molar-refractivity contribution >= 4 is 51.3 Å². The van der Waals surface area contributed by atoms with Gasteiger partial charge in [-0.1, -0.05) is 11.8 Å². The lowest BCUT2D eigenvalue weighted by Crippen LogP contribution is -2.21. The van der Waals surface area contributed by atoms with Gasteiger partial charge >= 0.3 is 0 Å². The van der Waals surface area contributed by atoms with Gasteiger partial charge in [0.05, 0.1) is 18.2 Å². The zero-order chi connectivity index (χ0) is 23.3. The van der Waals surface area contributed by atoms with E-state index >= 15 is 0 Å². The van der Waals surface area contributed by atoms with E-state index in [1.54, 1.807) is 68.4 Å². The van der Waals surface area contributed by atoms with Crippen molar-refractivity contribution in [2.24, 2.45) is 7.05 Å². The van der Waals surface area contributed by atoms with Gasteiger partial charge in [-0.25, -0.2) is 4.98 Å². The minimum Gasteiger partial charge on any atom is -0.497 e. The summed E-state index contributed by atoms with van der Waals surface area (Å²) < 4.78 is 6.66. The Morgan fingerprint density at radius 2 is 2.00 bits per heavy atom. The van der Waals surface area contributed by atoms with Crippen molar-refractivity contribution in [1.82, 2.24) is 14.5 Å². The number of benzene rings is 1. The highest BCUT2D eigenvalue weighted by Crippen LogP contribution is 2.35. The molecule has 1 aliphatic rings. The average Bonchev–Trinajstić information content (AvgIpc) is 3.37. The number of nitrogens with one attached hydrogen (secondary N) is 1. The van der Waals surface area contributed by atoms with Gasteiger partial charge < -0.3 is 15.0 Å². The van der Waals surface area contributed by atoms with E-state index in [-0.39, 0.29) is 17.2 Å². The predicted molar refractivity (Wildman–Crippen MR) is 129 cm³/mol. The molecule has 3 aromatic rings. The number of hydrogen-bond donors (Lipinski definition) is 1. The molecule has 0 unspecified atom stereocenters. The number of rotatable bonds is 6. The molecule has 1 aromatic carbocycles. The molecule has 8 nitrogen and oxygen atoms in total. The number of anilines is 1. The Hall–Kier alpha value is -2.85. The Labute approximate surface area is 194 Å². The number of carbonyl (C=O) groups excluding carboxylic acids is 2. The summed E-state index contributed by atoms with van der Waals surface area (Å²) in [6, 6.07) is 7.15. The van der Waals surface area contributed by atoms with E-state index in [4.69, 9.17) is 4.74 Å². The number of amides is 2. The van der Waals surface area contributed by atoms with Gasteiger partial charge in [-0.15, -0.1) is 11.3 Å². The zero-order valence-electron chi connectivity index (χ0n) is 18.5. The maximum Gasteiger partial charge on any atom is 0.262 e. The van der Waals surface area contributed by atoms with Crippen LogP contribution in [0.3, 0.4) is 0 Å². The third-order valence-corrected chi connectivity index (χ3v) is 7.04. The minimum atomic E-state index is -0.145. The molecule has 0 saturated heterocycles. The van der Waals surface area contributed by atoms with Crippen LogP contribution in [0.1, 0.15) is 16.9 Å². The van der Waals surface area contributed by atoms with E-state index in [2.05, 4.69) is 10.3 Å². The fourth-order valence-corrected chi connectivity index (χ4v) is 5.31. The van der Waals surface area contributed by atoms with E-state index in [1.165, 1.54) is 27.1 Å². The molecule has 2 heterocycles. The van der Waals surface area contributed by atoms with Crippen molar-refractivity contribution in [1.29, 1.82) is 0 Å². The maximum atomic E-state index is 12.8. The van der Waals surface area contributed by atoms with Crippen molar-refractivity contribution in [3.8, 4) is 5.75 Å². The minimum absolute atomic E-state index is 0.0162. The van der Waals surface area contributed by atoms with Crippen molar-refractivity contribution in [2.45, 2.75) is 24.4 Å². The van der Waals surface area contributed by atoms with Crippen LogP contribution in [0.15, 0.2) is 34.2 Å². The molecule has 10 heteroatoms. The van der Waals surface area contributed by atoms with Gasteiger partial charge in [-0.2, -0.15) is 0 Å². The van der Waals surface area contributed by atoms with Crippen molar-refractivity contribution in [2.75, 3.05) is 32.3 Å². The second-order valence-electron chi connectivity index (χ2n) is 7.43. The van der Waals surface area contributed by atoms with Crippen molar-refractivity contribution in [3.05, 3.63) is 45.1 Å². The summed E-state index contributed by atoms with van der Waals surface area (Å²) in [6.07, 6.45) is 3.86. The molecule has 32 heavy (non-hydrogen) atoms. The number of nitrogens with zero attached hydrogens (tertiary/aromatic N) is 3. The quantitative estimate of drug-likeness (QED) is 0.335. The monoisotopic (exact) mass is 474 g/mol. The number of aryl methyl sites for hydroxylation is 2. The van der Waals surface area contributed by atoms with Crippen LogP contribution >= 0.6 is 23.1 Å². The Bertz CT molecular complexity index is 1170.